The van der Waals surface area contributed by atoms with Gasteiger partial charge in [-0.15, -0.1) is 11.3 Å². The zero-order chi connectivity index (χ0) is 14.8. The maximum Gasteiger partial charge on any atom is 0.185 e. The fourth-order valence-electron chi connectivity index (χ4n) is 2.44. The SMILES string of the molecule is COCC1CCN(c2nc(C)c(CNC(C)(C)C)s2)C1. The lowest BCUT2D eigenvalue weighted by molar-refractivity contribution is 0.161. The van der Waals surface area contributed by atoms with Gasteiger partial charge in [-0.05, 0) is 34.1 Å². The quantitative estimate of drug-likeness (QED) is 0.907. The molecule has 1 aromatic heterocycles. The number of anilines is 1. The van der Waals surface area contributed by atoms with Gasteiger partial charge < -0.3 is 15.0 Å². The van der Waals surface area contributed by atoms with E-state index in [-0.39, 0.29) is 5.54 Å². The highest BCUT2D eigenvalue weighted by Crippen LogP contribution is 2.30. The van der Waals surface area contributed by atoms with Gasteiger partial charge in [-0.25, -0.2) is 4.98 Å². The van der Waals surface area contributed by atoms with Gasteiger partial charge in [0.25, 0.3) is 0 Å². The van der Waals surface area contributed by atoms with Crippen molar-refractivity contribution in [1.29, 1.82) is 0 Å². The average Bonchev–Trinajstić information content (AvgIpc) is 2.93. The summed E-state index contributed by atoms with van der Waals surface area (Å²) in [6.07, 6.45) is 1.21. The molecule has 20 heavy (non-hydrogen) atoms. The molecule has 1 N–H and O–H groups in total. The Labute approximate surface area is 126 Å². The highest BCUT2D eigenvalue weighted by Gasteiger charge is 2.25. The maximum absolute atomic E-state index is 5.26. The normalized spacial score (nSPS) is 19.9. The summed E-state index contributed by atoms with van der Waals surface area (Å²) >= 11 is 1.83. The fourth-order valence-corrected chi connectivity index (χ4v) is 3.47. The molecule has 5 heteroatoms. The van der Waals surface area contributed by atoms with Gasteiger partial charge in [-0.3, -0.25) is 0 Å². The standard InChI is InChI=1S/C15H27N3OS/c1-11-13(8-16-15(2,3)4)20-14(17-11)18-7-6-12(9-18)10-19-5/h12,16H,6-10H2,1-5H3. The fraction of sp³-hybridized carbons (Fsp3) is 0.800. The Kier molecular flexibility index (Phi) is 5.04. The van der Waals surface area contributed by atoms with Gasteiger partial charge in [-0.2, -0.15) is 0 Å². The van der Waals surface area contributed by atoms with E-state index in [1.165, 1.54) is 16.4 Å². The van der Waals surface area contributed by atoms with Crippen molar-refractivity contribution in [3.8, 4) is 0 Å². The molecule has 1 unspecified atom stereocenters. The molecule has 2 heterocycles. The average molecular weight is 297 g/mol. The largest absolute Gasteiger partial charge is 0.384 e. The molecule has 0 aliphatic carbocycles. The van der Waals surface area contributed by atoms with Crippen molar-refractivity contribution in [1.82, 2.24) is 10.3 Å². The van der Waals surface area contributed by atoms with Gasteiger partial charge in [0, 0.05) is 43.1 Å². The Bertz CT molecular complexity index is 439. The number of aryl methyl sites for hydroxylation is 1. The van der Waals surface area contributed by atoms with Gasteiger partial charge in [0.2, 0.25) is 0 Å². The van der Waals surface area contributed by atoms with Crippen LogP contribution in [0.5, 0.6) is 0 Å². The number of hydrogen-bond acceptors (Lipinski definition) is 5. The zero-order valence-corrected chi connectivity index (χ0v) is 14.1. The van der Waals surface area contributed by atoms with Crippen LogP contribution >= 0.6 is 11.3 Å². The van der Waals surface area contributed by atoms with E-state index in [2.05, 4.69) is 37.9 Å². The Hall–Kier alpha value is -0.650. The lowest BCUT2D eigenvalue weighted by atomic mass is 10.1. The van der Waals surface area contributed by atoms with E-state index < -0.39 is 0 Å². The number of thiazole rings is 1. The summed E-state index contributed by atoms with van der Waals surface area (Å²) < 4.78 is 5.26. The number of hydrogen-bond donors (Lipinski definition) is 1. The molecule has 0 bridgehead atoms. The molecule has 1 atom stereocenters. The van der Waals surface area contributed by atoms with E-state index >= 15 is 0 Å². The van der Waals surface area contributed by atoms with Gasteiger partial charge in [0.1, 0.15) is 0 Å². The summed E-state index contributed by atoms with van der Waals surface area (Å²) in [6.45, 7) is 12.6. The van der Waals surface area contributed by atoms with E-state index in [0.717, 1.165) is 31.9 Å². The highest BCUT2D eigenvalue weighted by molar-refractivity contribution is 7.15. The minimum Gasteiger partial charge on any atom is -0.384 e. The van der Waals surface area contributed by atoms with Crippen molar-refractivity contribution in [2.75, 3.05) is 31.7 Å². The molecule has 0 spiro atoms. The summed E-state index contributed by atoms with van der Waals surface area (Å²) in [4.78, 5) is 8.51. The van der Waals surface area contributed by atoms with Crippen LogP contribution in [-0.2, 0) is 11.3 Å². The lowest BCUT2D eigenvalue weighted by Gasteiger charge is -2.20. The molecule has 0 saturated carbocycles. The molecule has 0 aromatic carbocycles. The first-order valence-corrected chi connectivity index (χ1v) is 8.16. The summed E-state index contributed by atoms with van der Waals surface area (Å²) in [5.74, 6) is 0.653. The first kappa shape index (κ1) is 15.7. The third kappa shape index (κ3) is 4.17. The molecular formula is C15H27N3OS. The van der Waals surface area contributed by atoms with Crippen LogP contribution in [0.15, 0.2) is 0 Å². The number of nitrogens with zero attached hydrogens (tertiary/aromatic N) is 2. The lowest BCUT2D eigenvalue weighted by Crippen LogP contribution is -2.34. The van der Waals surface area contributed by atoms with E-state index in [1.807, 2.05) is 11.3 Å². The number of aromatic nitrogens is 1. The topological polar surface area (TPSA) is 37.4 Å². The second kappa shape index (κ2) is 6.41. The second-order valence-electron chi connectivity index (χ2n) is 6.66. The molecule has 2 rings (SSSR count). The molecule has 1 aromatic rings. The number of nitrogens with one attached hydrogen (secondary N) is 1. The number of rotatable bonds is 5. The van der Waals surface area contributed by atoms with E-state index in [1.54, 1.807) is 7.11 Å². The Morgan fingerprint density at radius 1 is 1.45 bits per heavy atom. The van der Waals surface area contributed by atoms with Crippen molar-refractivity contribution < 1.29 is 4.74 Å². The predicted molar refractivity (Wildman–Crippen MR) is 85.6 cm³/mol. The Morgan fingerprint density at radius 2 is 2.20 bits per heavy atom. The van der Waals surface area contributed by atoms with Crippen LogP contribution < -0.4 is 10.2 Å². The summed E-state index contributed by atoms with van der Waals surface area (Å²) in [5, 5.41) is 4.72. The van der Waals surface area contributed by atoms with Crippen molar-refractivity contribution in [2.45, 2.75) is 46.2 Å². The van der Waals surface area contributed by atoms with Crippen molar-refractivity contribution in [2.24, 2.45) is 5.92 Å². The van der Waals surface area contributed by atoms with Crippen LogP contribution in [0.25, 0.3) is 0 Å². The smallest absolute Gasteiger partial charge is 0.185 e. The van der Waals surface area contributed by atoms with Crippen molar-refractivity contribution >= 4 is 16.5 Å². The zero-order valence-electron chi connectivity index (χ0n) is 13.3. The minimum atomic E-state index is 0.147. The summed E-state index contributed by atoms with van der Waals surface area (Å²) in [5.41, 5.74) is 1.31. The Balaban J connectivity index is 1.97. The summed E-state index contributed by atoms with van der Waals surface area (Å²) in [6, 6.07) is 0. The van der Waals surface area contributed by atoms with Crippen molar-refractivity contribution in [3.05, 3.63) is 10.6 Å². The monoisotopic (exact) mass is 297 g/mol. The van der Waals surface area contributed by atoms with Gasteiger partial charge >= 0.3 is 0 Å². The molecule has 1 fully saturated rings. The molecular weight excluding hydrogens is 270 g/mol. The summed E-state index contributed by atoms with van der Waals surface area (Å²) in [7, 11) is 1.78. The first-order valence-electron chi connectivity index (χ1n) is 7.34. The molecule has 1 aliphatic heterocycles. The van der Waals surface area contributed by atoms with Crippen LogP contribution in [0.2, 0.25) is 0 Å². The van der Waals surface area contributed by atoms with Crippen LogP contribution in [0.3, 0.4) is 0 Å². The van der Waals surface area contributed by atoms with Gasteiger partial charge in [-0.1, -0.05) is 0 Å². The first-order chi connectivity index (χ1) is 9.39. The van der Waals surface area contributed by atoms with E-state index in [9.17, 15) is 0 Å². The molecule has 114 valence electrons. The molecule has 0 radical (unpaired) electrons. The molecule has 0 amide bonds. The van der Waals surface area contributed by atoms with Gasteiger partial charge in [0.15, 0.2) is 5.13 Å². The maximum atomic E-state index is 5.26. The molecule has 4 nitrogen and oxygen atoms in total. The predicted octanol–water partition coefficient (Wildman–Crippen LogP) is 2.81. The Morgan fingerprint density at radius 3 is 2.85 bits per heavy atom. The van der Waals surface area contributed by atoms with Crippen LogP contribution in [0, 0.1) is 12.8 Å². The van der Waals surface area contributed by atoms with Gasteiger partial charge in [0.05, 0.1) is 12.3 Å². The van der Waals surface area contributed by atoms with E-state index in [0.29, 0.717) is 5.92 Å². The highest BCUT2D eigenvalue weighted by atomic mass is 32.1. The second-order valence-corrected chi connectivity index (χ2v) is 7.73. The molecule has 1 saturated heterocycles. The van der Waals surface area contributed by atoms with Crippen LogP contribution in [0.1, 0.15) is 37.8 Å². The van der Waals surface area contributed by atoms with Crippen molar-refractivity contribution in [3.63, 3.8) is 0 Å². The third-order valence-corrected chi connectivity index (χ3v) is 4.84. The number of methoxy groups -OCH3 is 1. The molecule has 1 aliphatic rings. The van der Waals surface area contributed by atoms with E-state index in [4.69, 9.17) is 9.72 Å². The minimum absolute atomic E-state index is 0.147. The van der Waals surface area contributed by atoms with Crippen LogP contribution in [-0.4, -0.2) is 37.3 Å². The van der Waals surface area contributed by atoms with Crippen LogP contribution in [0.4, 0.5) is 5.13 Å². The third-order valence-electron chi connectivity index (χ3n) is 3.62. The number of ether oxygens (including phenoxy) is 1.